The van der Waals surface area contributed by atoms with Crippen molar-refractivity contribution in [2.45, 2.75) is 0 Å². The molecule has 2 rings (SSSR count). The standard InChI is InChI=1S/C9H6BrFN2/c10-9-5-8(12-13-9)6-3-1-2-4-7(6)11/h1-5H,(H,12,13). The molecule has 4 heteroatoms. The maximum Gasteiger partial charge on any atom is 0.132 e. The first-order valence-corrected chi connectivity index (χ1v) is 4.52. The van der Waals surface area contributed by atoms with Crippen molar-refractivity contribution in [3.05, 3.63) is 40.8 Å². The van der Waals surface area contributed by atoms with Gasteiger partial charge in [-0.2, -0.15) is 5.10 Å². The highest BCUT2D eigenvalue weighted by atomic mass is 79.9. The molecule has 1 N–H and O–H groups in total. The van der Waals surface area contributed by atoms with Gasteiger partial charge in [-0.05, 0) is 34.1 Å². The van der Waals surface area contributed by atoms with Gasteiger partial charge in [-0.3, -0.25) is 5.10 Å². The van der Waals surface area contributed by atoms with E-state index in [1.165, 1.54) is 6.07 Å². The molecular formula is C9H6BrFN2. The number of rotatable bonds is 1. The van der Waals surface area contributed by atoms with E-state index in [1.807, 2.05) is 0 Å². The molecule has 0 fully saturated rings. The summed E-state index contributed by atoms with van der Waals surface area (Å²) in [7, 11) is 0. The van der Waals surface area contributed by atoms with E-state index in [-0.39, 0.29) is 5.82 Å². The van der Waals surface area contributed by atoms with Gasteiger partial charge in [0.1, 0.15) is 10.4 Å². The Morgan fingerprint density at radius 2 is 2.08 bits per heavy atom. The van der Waals surface area contributed by atoms with Gasteiger partial charge in [-0.15, -0.1) is 0 Å². The van der Waals surface area contributed by atoms with Crippen LogP contribution in [0, 0.1) is 5.82 Å². The van der Waals surface area contributed by atoms with Crippen LogP contribution >= 0.6 is 15.9 Å². The number of nitrogens with one attached hydrogen (secondary N) is 1. The van der Waals surface area contributed by atoms with Gasteiger partial charge in [-0.25, -0.2) is 4.39 Å². The van der Waals surface area contributed by atoms with Crippen LogP contribution < -0.4 is 0 Å². The molecule has 0 radical (unpaired) electrons. The average Bonchev–Trinajstić information content (AvgIpc) is 2.53. The van der Waals surface area contributed by atoms with Gasteiger partial charge in [-0.1, -0.05) is 12.1 Å². The third kappa shape index (κ3) is 1.62. The lowest BCUT2D eigenvalue weighted by Crippen LogP contribution is -1.82. The van der Waals surface area contributed by atoms with E-state index in [2.05, 4.69) is 26.1 Å². The summed E-state index contributed by atoms with van der Waals surface area (Å²) in [5.41, 5.74) is 1.11. The molecule has 0 saturated carbocycles. The van der Waals surface area contributed by atoms with E-state index >= 15 is 0 Å². The van der Waals surface area contributed by atoms with Crippen LogP contribution in [0.2, 0.25) is 0 Å². The van der Waals surface area contributed by atoms with E-state index in [0.717, 1.165) is 4.60 Å². The van der Waals surface area contributed by atoms with E-state index in [9.17, 15) is 4.39 Å². The number of H-pyrrole nitrogens is 1. The number of hydrogen-bond acceptors (Lipinski definition) is 1. The zero-order valence-corrected chi connectivity index (χ0v) is 8.18. The van der Waals surface area contributed by atoms with Crippen molar-refractivity contribution in [3.8, 4) is 11.3 Å². The monoisotopic (exact) mass is 240 g/mol. The van der Waals surface area contributed by atoms with Crippen molar-refractivity contribution in [2.75, 3.05) is 0 Å². The zero-order valence-electron chi connectivity index (χ0n) is 6.59. The summed E-state index contributed by atoms with van der Waals surface area (Å²) in [6, 6.07) is 8.27. The van der Waals surface area contributed by atoms with Gasteiger partial charge >= 0.3 is 0 Å². The van der Waals surface area contributed by atoms with Crippen molar-refractivity contribution in [3.63, 3.8) is 0 Å². The Hall–Kier alpha value is -1.16. The summed E-state index contributed by atoms with van der Waals surface area (Å²) < 4.78 is 14.0. The molecule has 13 heavy (non-hydrogen) atoms. The molecule has 0 amide bonds. The van der Waals surface area contributed by atoms with Crippen LogP contribution in [0.4, 0.5) is 4.39 Å². The predicted molar refractivity (Wildman–Crippen MR) is 51.7 cm³/mol. The van der Waals surface area contributed by atoms with E-state index in [4.69, 9.17) is 0 Å². The highest BCUT2D eigenvalue weighted by molar-refractivity contribution is 9.10. The molecule has 0 spiro atoms. The minimum Gasteiger partial charge on any atom is -0.271 e. The predicted octanol–water partition coefficient (Wildman–Crippen LogP) is 2.98. The summed E-state index contributed by atoms with van der Waals surface area (Å²) in [6.45, 7) is 0. The summed E-state index contributed by atoms with van der Waals surface area (Å²) in [5.74, 6) is -0.262. The van der Waals surface area contributed by atoms with Crippen LogP contribution in [0.3, 0.4) is 0 Å². The Balaban J connectivity index is 2.52. The van der Waals surface area contributed by atoms with Crippen molar-refractivity contribution in [1.82, 2.24) is 10.2 Å². The zero-order chi connectivity index (χ0) is 9.26. The first-order valence-electron chi connectivity index (χ1n) is 3.73. The smallest absolute Gasteiger partial charge is 0.132 e. The molecule has 1 aromatic carbocycles. The lowest BCUT2D eigenvalue weighted by atomic mass is 10.1. The maximum absolute atomic E-state index is 13.2. The third-order valence-corrected chi connectivity index (χ3v) is 2.10. The SMILES string of the molecule is Fc1ccccc1-c1cc(Br)[nH]n1. The van der Waals surface area contributed by atoms with Crippen LogP contribution in [-0.4, -0.2) is 10.2 Å². The van der Waals surface area contributed by atoms with Gasteiger partial charge in [0.2, 0.25) is 0 Å². The normalized spacial score (nSPS) is 10.3. The van der Waals surface area contributed by atoms with Gasteiger partial charge in [0.05, 0.1) is 5.69 Å². The van der Waals surface area contributed by atoms with Crippen LogP contribution in [0.15, 0.2) is 34.9 Å². The topological polar surface area (TPSA) is 28.7 Å². The molecule has 2 aromatic rings. The molecule has 0 bridgehead atoms. The van der Waals surface area contributed by atoms with Gasteiger partial charge < -0.3 is 0 Å². The van der Waals surface area contributed by atoms with Crippen LogP contribution in [0.25, 0.3) is 11.3 Å². The van der Waals surface area contributed by atoms with E-state index in [1.54, 1.807) is 24.3 Å². The second-order valence-electron chi connectivity index (χ2n) is 2.58. The first-order chi connectivity index (χ1) is 6.27. The van der Waals surface area contributed by atoms with Gasteiger partial charge in [0.25, 0.3) is 0 Å². The molecule has 0 aliphatic rings. The van der Waals surface area contributed by atoms with Crippen LogP contribution in [0.1, 0.15) is 0 Å². The second-order valence-corrected chi connectivity index (χ2v) is 3.44. The summed E-state index contributed by atoms with van der Waals surface area (Å²) in [6.07, 6.45) is 0. The Morgan fingerprint density at radius 3 is 2.69 bits per heavy atom. The Labute approximate surface area is 82.9 Å². The number of aromatic nitrogens is 2. The molecular weight excluding hydrogens is 235 g/mol. The number of aromatic amines is 1. The van der Waals surface area contributed by atoms with Crippen molar-refractivity contribution in [2.24, 2.45) is 0 Å². The van der Waals surface area contributed by atoms with E-state index < -0.39 is 0 Å². The fourth-order valence-corrected chi connectivity index (χ4v) is 1.41. The lowest BCUT2D eigenvalue weighted by molar-refractivity contribution is 0.630. The lowest BCUT2D eigenvalue weighted by Gasteiger charge is -1.96. The highest BCUT2D eigenvalue weighted by Gasteiger charge is 2.06. The fraction of sp³-hybridized carbons (Fsp3) is 0. The third-order valence-electron chi connectivity index (χ3n) is 1.70. The quantitative estimate of drug-likeness (QED) is 0.816. The Bertz CT molecular complexity index is 425. The molecule has 66 valence electrons. The summed E-state index contributed by atoms with van der Waals surface area (Å²) in [4.78, 5) is 0. The van der Waals surface area contributed by atoms with Crippen LogP contribution in [-0.2, 0) is 0 Å². The second kappa shape index (κ2) is 3.30. The molecule has 0 aliphatic carbocycles. The molecule has 2 nitrogen and oxygen atoms in total. The minimum atomic E-state index is -0.262. The van der Waals surface area contributed by atoms with Gasteiger partial charge in [0.15, 0.2) is 0 Å². The molecule has 0 atom stereocenters. The van der Waals surface area contributed by atoms with Gasteiger partial charge in [0, 0.05) is 5.56 Å². The number of hydrogen-bond donors (Lipinski definition) is 1. The molecule has 0 unspecified atom stereocenters. The van der Waals surface area contributed by atoms with Crippen LogP contribution in [0.5, 0.6) is 0 Å². The summed E-state index contributed by atoms with van der Waals surface area (Å²) in [5, 5.41) is 6.63. The number of halogens is 2. The van der Waals surface area contributed by atoms with E-state index in [0.29, 0.717) is 11.3 Å². The fourth-order valence-electron chi connectivity index (χ4n) is 1.11. The summed E-state index contributed by atoms with van der Waals surface area (Å²) >= 11 is 3.21. The highest BCUT2D eigenvalue weighted by Crippen LogP contribution is 2.22. The Kier molecular flexibility index (Phi) is 2.14. The minimum absolute atomic E-state index is 0.262. The first kappa shape index (κ1) is 8.44. The molecule has 0 saturated heterocycles. The number of benzene rings is 1. The van der Waals surface area contributed by atoms with Crippen molar-refractivity contribution >= 4 is 15.9 Å². The Morgan fingerprint density at radius 1 is 1.31 bits per heavy atom. The van der Waals surface area contributed by atoms with Crippen molar-refractivity contribution < 1.29 is 4.39 Å². The maximum atomic E-state index is 13.2. The number of nitrogens with zero attached hydrogens (tertiary/aromatic N) is 1. The largest absolute Gasteiger partial charge is 0.271 e. The average molecular weight is 241 g/mol. The molecule has 0 aliphatic heterocycles. The van der Waals surface area contributed by atoms with Crippen molar-refractivity contribution in [1.29, 1.82) is 0 Å². The molecule has 1 heterocycles. The molecule has 1 aromatic heterocycles.